The van der Waals surface area contributed by atoms with Gasteiger partial charge in [0.15, 0.2) is 0 Å². The van der Waals surface area contributed by atoms with Crippen molar-refractivity contribution < 1.29 is 4.79 Å². The summed E-state index contributed by atoms with van der Waals surface area (Å²) in [5.74, 6) is 1.10. The van der Waals surface area contributed by atoms with Gasteiger partial charge in [0, 0.05) is 36.9 Å². The lowest BCUT2D eigenvalue weighted by Crippen LogP contribution is -2.51. The molecule has 3 heterocycles. The quantitative estimate of drug-likeness (QED) is 0.942. The van der Waals surface area contributed by atoms with Crippen molar-refractivity contribution in [2.24, 2.45) is 0 Å². The summed E-state index contributed by atoms with van der Waals surface area (Å²) >= 11 is 1.65. The number of piperazine rings is 1. The van der Waals surface area contributed by atoms with Crippen molar-refractivity contribution >= 4 is 17.2 Å². The maximum absolute atomic E-state index is 12.8. The Bertz CT molecular complexity index is 596. The van der Waals surface area contributed by atoms with Crippen LogP contribution >= 0.6 is 11.3 Å². The lowest BCUT2D eigenvalue weighted by molar-refractivity contribution is -0.135. The fraction of sp³-hybridized carbons (Fsp3) is 0.500. The predicted molar refractivity (Wildman–Crippen MR) is 87.9 cm³/mol. The minimum Gasteiger partial charge on any atom is -0.347 e. The second kappa shape index (κ2) is 6.62. The number of amides is 1. The molecule has 3 rings (SSSR count). The monoisotopic (exact) mass is 318 g/mol. The molecule has 5 nitrogen and oxygen atoms in total. The Kier molecular flexibility index (Phi) is 4.59. The third-order valence-electron chi connectivity index (χ3n) is 4.38. The van der Waals surface area contributed by atoms with Crippen molar-refractivity contribution in [3.63, 3.8) is 0 Å². The van der Waals surface area contributed by atoms with Gasteiger partial charge in [-0.3, -0.25) is 9.69 Å². The molecule has 1 aliphatic heterocycles. The predicted octanol–water partition coefficient (Wildman–Crippen LogP) is 2.48. The molecule has 0 radical (unpaired) electrons. The van der Waals surface area contributed by atoms with Crippen LogP contribution in [0.4, 0.5) is 0 Å². The van der Waals surface area contributed by atoms with E-state index >= 15 is 0 Å². The number of nitrogens with zero attached hydrogens (tertiary/aromatic N) is 3. The third kappa shape index (κ3) is 2.94. The minimum absolute atomic E-state index is 0.0644. The van der Waals surface area contributed by atoms with Crippen LogP contribution in [0.1, 0.15) is 36.5 Å². The smallest absolute Gasteiger partial charge is 0.230 e. The van der Waals surface area contributed by atoms with E-state index in [1.807, 2.05) is 35.5 Å². The molecule has 1 aliphatic rings. The Labute approximate surface area is 135 Å². The third-order valence-corrected chi connectivity index (χ3v) is 5.44. The Morgan fingerprint density at radius 3 is 3.05 bits per heavy atom. The Balaban J connectivity index is 1.74. The van der Waals surface area contributed by atoms with Gasteiger partial charge in [0.25, 0.3) is 0 Å². The van der Waals surface area contributed by atoms with E-state index in [0.29, 0.717) is 6.54 Å². The number of aromatic amines is 1. The lowest BCUT2D eigenvalue weighted by Gasteiger charge is -2.40. The molecule has 6 heteroatoms. The summed E-state index contributed by atoms with van der Waals surface area (Å²) in [5.41, 5.74) is 0. The zero-order valence-corrected chi connectivity index (χ0v) is 13.8. The largest absolute Gasteiger partial charge is 0.347 e. The number of thiophene rings is 1. The second-order valence-corrected chi connectivity index (χ2v) is 6.62. The zero-order valence-electron chi connectivity index (χ0n) is 13.0. The van der Waals surface area contributed by atoms with E-state index in [2.05, 4.69) is 21.8 Å². The number of imidazole rings is 1. The fourth-order valence-corrected chi connectivity index (χ4v) is 3.83. The molecule has 1 fully saturated rings. The van der Waals surface area contributed by atoms with Gasteiger partial charge in [-0.1, -0.05) is 13.0 Å². The highest BCUT2D eigenvalue weighted by molar-refractivity contribution is 7.10. The molecule has 0 saturated carbocycles. The number of H-pyrrole nitrogens is 1. The standard InChI is InChI=1S/C16H22N4OS/c1-3-19-8-9-20(11-13(19)15-17-6-7-18-15)16(21)12(2)14-5-4-10-22-14/h4-7,10,12-13H,3,8-9,11H2,1-2H3,(H,17,18). The van der Waals surface area contributed by atoms with Crippen LogP contribution in [0.15, 0.2) is 29.9 Å². The van der Waals surface area contributed by atoms with Gasteiger partial charge in [-0.2, -0.15) is 0 Å². The van der Waals surface area contributed by atoms with Gasteiger partial charge in [0.2, 0.25) is 5.91 Å². The van der Waals surface area contributed by atoms with E-state index in [0.717, 1.165) is 30.3 Å². The fourth-order valence-electron chi connectivity index (χ4n) is 3.05. The van der Waals surface area contributed by atoms with E-state index in [1.54, 1.807) is 17.5 Å². The summed E-state index contributed by atoms with van der Waals surface area (Å²) in [6.07, 6.45) is 3.62. The van der Waals surface area contributed by atoms with E-state index in [4.69, 9.17) is 0 Å². The molecule has 0 aromatic carbocycles. The Morgan fingerprint density at radius 1 is 1.55 bits per heavy atom. The molecule has 1 N–H and O–H groups in total. The van der Waals surface area contributed by atoms with Crippen molar-refractivity contribution in [1.82, 2.24) is 19.8 Å². The molecular formula is C16H22N4OS. The summed E-state index contributed by atoms with van der Waals surface area (Å²) in [4.78, 5) is 25.9. The summed E-state index contributed by atoms with van der Waals surface area (Å²) in [5, 5.41) is 2.03. The molecule has 2 aromatic rings. The van der Waals surface area contributed by atoms with Crippen LogP contribution in [0.3, 0.4) is 0 Å². The molecule has 118 valence electrons. The van der Waals surface area contributed by atoms with Crippen LogP contribution in [0, 0.1) is 0 Å². The van der Waals surface area contributed by atoms with Gasteiger partial charge < -0.3 is 9.88 Å². The Hall–Kier alpha value is -1.66. The van der Waals surface area contributed by atoms with E-state index in [1.165, 1.54) is 0 Å². The molecule has 0 spiro atoms. The van der Waals surface area contributed by atoms with Crippen LogP contribution in [-0.2, 0) is 4.79 Å². The highest BCUT2D eigenvalue weighted by atomic mass is 32.1. The maximum Gasteiger partial charge on any atom is 0.230 e. The molecule has 2 aromatic heterocycles. The molecule has 0 aliphatic carbocycles. The SMILES string of the molecule is CCN1CCN(C(=O)C(C)c2cccs2)CC1c1ncc[nH]1. The number of rotatable bonds is 4. The van der Waals surface area contributed by atoms with Crippen molar-refractivity contribution in [2.75, 3.05) is 26.2 Å². The van der Waals surface area contributed by atoms with Crippen molar-refractivity contribution in [1.29, 1.82) is 0 Å². The average molecular weight is 318 g/mol. The number of nitrogens with one attached hydrogen (secondary N) is 1. The first-order chi connectivity index (χ1) is 10.7. The van der Waals surface area contributed by atoms with Gasteiger partial charge in [0.05, 0.1) is 12.0 Å². The number of likely N-dealkylation sites (N-methyl/N-ethyl adjacent to an activating group) is 1. The van der Waals surface area contributed by atoms with Gasteiger partial charge in [-0.15, -0.1) is 11.3 Å². The number of hydrogen-bond acceptors (Lipinski definition) is 4. The highest BCUT2D eigenvalue weighted by Crippen LogP contribution is 2.27. The normalized spacial score (nSPS) is 21.0. The zero-order chi connectivity index (χ0) is 15.5. The molecule has 1 amide bonds. The molecule has 2 atom stereocenters. The van der Waals surface area contributed by atoms with E-state index in [9.17, 15) is 4.79 Å². The van der Waals surface area contributed by atoms with Crippen molar-refractivity contribution in [3.05, 3.63) is 40.6 Å². The number of carbonyl (C=O) groups is 1. The van der Waals surface area contributed by atoms with Gasteiger partial charge in [0.1, 0.15) is 5.82 Å². The van der Waals surface area contributed by atoms with Crippen molar-refractivity contribution in [3.8, 4) is 0 Å². The maximum atomic E-state index is 12.8. The number of carbonyl (C=O) groups excluding carboxylic acids is 1. The second-order valence-electron chi connectivity index (χ2n) is 5.64. The molecule has 22 heavy (non-hydrogen) atoms. The van der Waals surface area contributed by atoms with Gasteiger partial charge >= 0.3 is 0 Å². The minimum atomic E-state index is -0.0644. The summed E-state index contributed by atoms with van der Waals surface area (Å²) in [6, 6.07) is 4.21. The molecule has 1 saturated heterocycles. The first kappa shape index (κ1) is 15.2. The molecule has 0 bridgehead atoms. The Morgan fingerprint density at radius 2 is 2.41 bits per heavy atom. The summed E-state index contributed by atoms with van der Waals surface area (Å²) in [6.45, 7) is 7.51. The lowest BCUT2D eigenvalue weighted by atomic mass is 10.1. The topological polar surface area (TPSA) is 52.2 Å². The van der Waals surface area contributed by atoms with Gasteiger partial charge in [-0.25, -0.2) is 4.98 Å². The van der Waals surface area contributed by atoms with Crippen LogP contribution < -0.4 is 0 Å². The first-order valence-electron chi connectivity index (χ1n) is 7.76. The van der Waals surface area contributed by atoms with E-state index < -0.39 is 0 Å². The first-order valence-corrected chi connectivity index (χ1v) is 8.64. The van der Waals surface area contributed by atoms with Crippen LogP contribution in [0.25, 0.3) is 0 Å². The number of aromatic nitrogens is 2. The van der Waals surface area contributed by atoms with E-state index in [-0.39, 0.29) is 17.9 Å². The van der Waals surface area contributed by atoms with Crippen LogP contribution in [0.5, 0.6) is 0 Å². The summed E-state index contributed by atoms with van der Waals surface area (Å²) in [7, 11) is 0. The van der Waals surface area contributed by atoms with Crippen molar-refractivity contribution in [2.45, 2.75) is 25.8 Å². The highest BCUT2D eigenvalue weighted by Gasteiger charge is 2.33. The molecular weight excluding hydrogens is 296 g/mol. The average Bonchev–Trinajstić information content (AvgIpc) is 3.25. The van der Waals surface area contributed by atoms with Gasteiger partial charge in [-0.05, 0) is 24.9 Å². The molecule has 2 unspecified atom stereocenters. The number of hydrogen-bond donors (Lipinski definition) is 1. The van der Waals surface area contributed by atoms with Crippen LogP contribution in [-0.4, -0.2) is 51.9 Å². The van der Waals surface area contributed by atoms with Crippen LogP contribution in [0.2, 0.25) is 0 Å². The summed E-state index contributed by atoms with van der Waals surface area (Å²) < 4.78 is 0.